The minimum absolute atomic E-state index is 0.215. The molecule has 2 heteroatoms. The van der Waals surface area contributed by atoms with Crippen LogP contribution in [-0.2, 0) is 0 Å². The minimum atomic E-state index is 0.215. The molecular weight excluding hydrogens is 258 g/mol. The van der Waals surface area contributed by atoms with Crippen molar-refractivity contribution in [2.45, 2.75) is 71.9 Å². The van der Waals surface area contributed by atoms with Crippen LogP contribution in [0.3, 0.4) is 0 Å². The number of hydrogen-bond donors (Lipinski definition) is 2. The molecule has 1 saturated carbocycles. The number of rotatable bonds is 5. The van der Waals surface area contributed by atoms with Crippen LogP contribution in [0.4, 0.5) is 0 Å². The SMILES string of the molecule is CCC(C)(C)C1CCC(NC(C)c2ccccc2O)CC1. The van der Waals surface area contributed by atoms with E-state index in [4.69, 9.17) is 0 Å². The summed E-state index contributed by atoms with van der Waals surface area (Å²) in [6, 6.07) is 8.46. The number of hydrogen-bond acceptors (Lipinski definition) is 2. The summed E-state index contributed by atoms with van der Waals surface area (Å²) in [7, 11) is 0. The van der Waals surface area contributed by atoms with Gasteiger partial charge in [0.25, 0.3) is 0 Å². The van der Waals surface area contributed by atoms with Gasteiger partial charge in [0.2, 0.25) is 0 Å². The average Bonchev–Trinajstić information content (AvgIpc) is 2.48. The van der Waals surface area contributed by atoms with Gasteiger partial charge in [-0.1, -0.05) is 45.4 Å². The Bertz CT molecular complexity index is 447. The summed E-state index contributed by atoms with van der Waals surface area (Å²) in [6.07, 6.45) is 6.43. The second-order valence-corrected chi connectivity index (χ2v) is 7.34. The summed E-state index contributed by atoms with van der Waals surface area (Å²) in [5.74, 6) is 1.26. The van der Waals surface area contributed by atoms with E-state index < -0.39 is 0 Å². The fourth-order valence-electron chi connectivity index (χ4n) is 3.63. The van der Waals surface area contributed by atoms with Crippen LogP contribution in [0.1, 0.15) is 71.4 Å². The second kappa shape index (κ2) is 6.83. The Morgan fingerprint density at radius 2 is 1.81 bits per heavy atom. The number of nitrogens with one attached hydrogen (secondary N) is 1. The predicted octanol–water partition coefficient (Wildman–Crippen LogP) is 5.04. The Hall–Kier alpha value is -1.02. The smallest absolute Gasteiger partial charge is 0.120 e. The summed E-state index contributed by atoms with van der Waals surface area (Å²) in [5.41, 5.74) is 1.49. The number of aromatic hydroxyl groups is 1. The molecule has 0 aliphatic heterocycles. The Morgan fingerprint density at radius 3 is 2.38 bits per heavy atom. The van der Waals surface area contributed by atoms with E-state index in [2.05, 4.69) is 33.0 Å². The molecule has 1 unspecified atom stereocenters. The number of benzene rings is 1. The van der Waals surface area contributed by atoms with Gasteiger partial charge in [-0.15, -0.1) is 0 Å². The first kappa shape index (κ1) is 16.4. The van der Waals surface area contributed by atoms with E-state index in [-0.39, 0.29) is 6.04 Å². The van der Waals surface area contributed by atoms with Gasteiger partial charge in [-0.05, 0) is 50.0 Å². The molecule has 2 nitrogen and oxygen atoms in total. The van der Waals surface area contributed by atoms with Gasteiger partial charge in [0.15, 0.2) is 0 Å². The highest BCUT2D eigenvalue weighted by Crippen LogP contribution is 2.40. The lowest BCUT2D eigenvalue weighted by molar-refractivity contribution is 0.134. The first-order chi connectivity index (χ1) is 9.94. The normalized spacial score (nSPS) is 24.8. The first-order valence-corrected chi connectivity index (χ1v) is 8.48. The van der Waals surface area contributed by atoms with Crippen molar-refractivity contribution in [1.29, 1.82) is 0 Å². The number of phenols is 1. The standard InChI is InChI=1S/C19H31NO/c1-5-19(3,4)15-10-12-16(13-11-15)20-14(2)17-8-6-7-9-18(17)21/h6-9,14-16,20-21H,5,10-13H2,1-4H3. The molecule has 0 amide bonds. The molecule has 1 aromatic rings. The van der Waals surface area contributed by atoms with E-state index in [0.29, 0.717) is 17.2 Å². The molecule has 0 bridgehead atoms. The van der Waals surface area contributed by atoms with Crippen LogP contribution in [0.2, 0.25) is 0 Å². The van der Waals surface area contributed by atoms with Gasteiger partial charge < -0.3 is 10.4 Å². The molecule has 1 aromatic carbocycles. The summed E-state index contributed by atoms with van der Waals surface area (Å²) in [5, 5.41) is 13.7. The number of phenolic OH excluding ortho intramolecular Hbond substituents is 1. The average molecular weight is 289 g/mol. The van der Waals surface area contributed by atoms with Crippen LogP contribution in [0, 0.1) is 11.3 Å². The maximum absolute atomic E-state index is 9.95. The molecule has 0 heterocycles. The molecule has 118 valence electrons. The highest BCUT2D eigenvalue weighted by atomic mass is 16.3. The van der Waals surface area contributed by atoms with Gasteiger partial charge in [0, 0.05) is 17.6 Å². The molecular formula is C19H31NO. The molecule has 1 fully saturated rings. The van der Waals surface area contributed by atoms with Crippen molar-refractivity contribution in [2.75, 3.05) is 0 Å². The molecule has 2 N–H and O–H groups in total. The van der Waals surface area contributed by atoms with Crippen molar-refractivity contribution in [2.24, 2.45) is 11.3 Å². The topological polar surface area (TPSA) is 32.3 Å². The maximum atomic E-state index is 9.95. The van der Waals surface area contributed by atoms with E-state index >= 15 is 0 Å². The fourth-order valence-corrected chi connectivity index (χ4v) is 3.63. The van der Waals surface area contributed by atoms with E-state index in [0.717, 1.165) is 11.5 Å². The van der Waals surface area contributed by atoms with Gasteiger partial charge >= 0.3 is 0 Å². The second-order valence-electron chi connectivity index (χ2n) is 7.34. The van der Waals surface area contributed by atoms with Gasteiger partial charge in [-0.25, -0.2) is 0 Å². The molecule has 1 atom stereocenters. The van der Waals surface area contributed by atoms with Crippen molar-refractivity contribution < 1.29 is 5.11 Å². The lowest BCUT2D eigenvalue weighted by atomic mass is 9.69. The Labute approximate surface area is 130 Å². The molecule has 21 heavy (non-hydrogen) atoms. The van der Waals surface area contributed by atoms with Crippen molar-refractivity contribution in [1.82, 2.24) is 5.32 Å². The van der Waals surface area contributed by atoms with Gasteiger partial charge in [-0.2, -0.15) is 0 Å². The van der Waals surface area contributed by atoms with E-state index in [1.54, 1.807) is 6.07 Å². The third-order valence-corrected chi connectivity index (χ3v) is 5.63. The minimum Gasteiger partial charge on any atom is -0.508 e. The molecule has 1 aliphatic carbocycles. The van der Waals surface area contributed by atoms with E-state index in [1.807, 2.05) is 18.2 Å². The van der Waals surface area contributed by atoms with Crippen molar-refractivity contribution in [3.8, 4) is 5.75 Å². The fraction of sp³-hybridized carbons (Fsp3) is 0.684. The van der Waals surface area contributed by atoms with Gasteiger partial charge in [-0.3, -0.25) is 0 Å². The summed E-state index contributed by atoms with van der Waals surface area (Å²) in [6.45, 7) is 9.29. The zero-order valence-corrected chi connectivity index (χ0v) is 14.0. The molecule has 0 saturated heterocycles. The Morgan fingerprint density at radius 1 is 1.19 bits per heavy atom. The number of para-hydroxylation sites is 1. The van der Waals surface area contributed by atoms with Crippen LogP contribution in [0.5, 0.6) is 5.75 Å². The quantitative estimate of drug-likeness (QED) is 0.796. The van der Waals surface area contributed by atoms with E-state index in [9.17, 15) is 5.11 Å². The van der Waals surface area contributed by atoms with Crippen LogP contribution in [0.25, 0.3) is 0 Å². The van der Waals surface area contributed by atoms with Crippen LogP contribution < -0.4 is 5.32 Å². The molecule has 1 aliphatic rings. The molecule has 0 aromatic heterocycles. The van der Waals surface area contributed by atoms with Crippen molar-refractivity contribution in [3.63, 3.8) is 0 Å². The van der Waals surface area contributed by atoms with Crippen LogP contribution in [0.15, 0.2) is 24.3 Å². The van der Waals surface area contributed by atoms with Crippen LogP contribution in [-0.4, -0.2) is 11.1 Å². The highest BCUT2D eigenvalue weighted by Gasteiger charge is 2.32. The monoisotopic (exact) mass is 289 g/mol. The Balaban J connectivity index is 1.88. The zero-order valence-electron chi connectivity index (χ0n) is 14.0. The molecule has 2 rings (SSSR count). The van der Waals surface area contributed by atoms with E-state index in [1.165, 1.54) is 32.1 Å². The van der Waals surface area contributed by atoms with Crippen LogP contribution >= 0.6 is 0 Å². The van der Waals surface area contributed by atoms with Crippen molar-refractivity contribution in [3.05, 3.63) is 29.8 Å². The highest BCUT2D eigenvalue weighted by molar-refractivity contribution is 5.34. The third kappa shape index (κ3) is 4.00. The summed E-state index contributed by atoms with van der Waals surface area (Å²) < 4.78 is 0. The first-order valence-electron chi connectivity index (χ1n) is 8.48. The molecule has 0 spiro atoms. The largest absolute Gasteiger partial charge is 0.508 e. The third-order valence-electron chi connectivity index (χ3n) is 5.63. The zero-order chi connectivity index (χ0) is 15.5. The summed E-state index contributed by atoms with van der Waals surface area (Å²) >= 11 is 0. The lowest BCUT2D eigenvalue weighted by Crippen LogP contribution is -2.38. The van der Waals surface area contributed by atoms with Gasteiger partial charge in [0.05, 0.1) is 0 Å². The van der Waals surface area contributed by atoms with Gasteiger partial charge in [0.1, 0.15) is 5.75 Å². The lowest BCUT2D eigenvalue weighted by Gasteiger charge is -2.39. The van der Waals surface area contributed by atoms with Crippen molar-refractivity contribution >= 4 is 0 Å². The molecule has 0 radical (unpaired) electrons. The maximum Gasteiger partial charge on any atom is 0.120 e. The Kier molecular flexibility index (Phi) is 5.32. The predicted molar refractivity (Wildman–Crippen MR) is 89.5 cm³/mol. The summed E-state index contributed by atoms with van der Waals surface area (Å²) in [4.78, 5) is 0.